The summed E-state index contributed by atoms with van der Waals surface area (Å²) in [6.45, 7) is 0.254. The smallest absolute Gasteiger partial charge is 0.225 e. The fourth-order valence-electron chi connectivity index (χ4n) is 3.16. The average molecular weight is 394 g/mol. The maximum Gasteiger partial charge on any atom is 0.225 e. The number of nitrogens with one attached hydrogen (secondary N) is 2. The summed E-state index contributed by atoms with van der Waals surface area (Å²) in [5, 5.41) is 11.5. The molecule has 1 aromatic heterocycles. The van der Waals surface area contributed by atoms with Crippen LogP contribution in [0.25, 0.3) is 21.7 Å². The molecular weight excluding hydrogens is 376 g/mol. The highest BCUT2D eigenvalue weighted by atomic mass is 32.2. The number of H-pyrrole nitrogens is 1. The van der Waals surface area contributed by atoms with Gasteiger partial charge < -0.3 is 11.1 Å². The molecular formula is C20H18N4O3S. The molecule has 3 aromatic carbocycles. The van der Waals surface area contributed by atoms with E-state index in [1.54, 1.807) is 36.4 Å². The van der Waals surface area contributed by atoms with E-state index in [0.717, 1.165) is 5.39 Å². The number of nitrogens with zero attached hydrogens (tertiary/aromatic N) is 1. The minimum Gasteiger partial charge on any atom is -0.330 e. The first kappa shape index (κ1) is 18.1. The van der Waals surface area contributed by atoms with Gasteiger partial charge in [0.05, 0.1) is 10.4 Å². The SMILES string of the molecule is NCCC(=O)Nc1ccc2c(S(=O)(=O)c3cccc4ccccc34)[nH]nc2c1. The predicted octanol–water partition coefficient (Wildman–Crippen LogP) is 2.84. The first-order valence-electron chi connectivity index (χ1n) is 8.71. The zero-order chi connectivity index (χ0) is 19.7. The Kier molecular flexibility index (Phi) is 4.58. The van der Waals surface area contributed by atoms with Crippen LogP contribution >= 0.6 is 0 Å². The van der Waals surface area contributed by atoms with Crippen molar-refractivity contribution in [1.29, 1.82) is 0 Å². The Bertz CT molecular complexity index is 1290. The van der Waals surface area contributed by atoms with Crippen molar-refractivity contribution in [3.05, 3.63) is 60.7 Å². The number of hydrogen-bond acceptors (Lipinski definition) is 5. The molecule has 0 saturated carbocycles. The Hall–Kier alpha value is -3.23. The Labute approximate surface area is 161 Å². The summed E-state index contributed by atoms with van der Waals surface area (Å²) in [5.74, 6) is -0.207. The highest BCUT2D eigenvalue weighted by Crippen LogP contribution is 2.31. The number of carbonyl (C=O) groups is 1. The van der Waals surface area contributed by atoms with Gasteiger partial charge in [-0.1, -0.05) is 36.4 Å². The van der Waals surface area contributed by atoms with E-state index in [1.165, 1.54) is 0 Å². The zero-order valence-electron chi connectivity index (χ0n) is 14.8. The van der Waals surface area contributed by atoms with Crippen LogP contribution in [-0.4, -0.2) is 31.1 Å². The molecule has 4 rings (SSSR count). The Morgan fingerprint density at radius 3 is 2.64 bits per heavy atom. The third kappa shape index (κ3) is 3.12. The zero-order valence-corrected chi connectivity index (χ0v) is 15.7. The Balaban J connectivity index is 1.79. The first-order valence-corrected chi connectivity index (χ1v) is 10.2. The number of nitrogens with two attached hydrogens (primary N) is 1. The van der Waals surface area contributed by atoms with Gasteiger partial charge in [0.15, 0.2) is 5.03 Å². The molecule has 7 nitrogen and oxygen atoms in total. The van der Waals surface area contributed by atoms with E-state index < -0.39 is 9.84 Å². The molecule has 0 fully saturated rings. The van der Waals surface area contributed by atoms with Gasteiger partial charge in [-0.15, -0.1) is 0 Å². The molecule has 0 spiro atoms. The van der Waals surface area contributed by atoms with Crippen LogP contribution in [0.3, 0.4) is 0 Å². The molecule has 8 heteroatoms. The Morgan fingerprint density at radius 2 is 1.82 bits per heavy atom. The van der Waals surface area contributed by atoms with Gasteiger partial charge in [-0.3, -0.25) is 9.89 Å². The number of aromatic nitrogens is 2. The van der Waals surface area contributed by atoms with Crippen LogP contribution in [0.15, 0.2) is 70.6 Å². The van der Waals surface area contributed by atoms with Crippen molar-refractivity contribution in [3.8, 4) is 0 Å². The minimum atomic E-state index is -3.82. The second-order valence-electron chi connectivity index (χ2n) is 6.35. The quantitative estimate of drug-likeness (QED) is 0.481. The van der Waals surface area contributed by atoms with Gasteiger partial charge >= 0.3 is 0 Å². The lowest BCUT2D eigenvalue weighted by Gasteiger charge is -2.07. The fourth-order valence-corrected chi connectivity index (χ4v) is 4.75. The summed E-state index contributed by atoms with van der Waals surface area (Å²) in [7, 11) is -3.82. The van der Waals surface area contributed by atoms with Gasteiger partial charge in [-0.2, -0.15) is 5.10 Å². The number of benzene rings is 3. The summed E-state index contributed by atoms with van der Waals surface area (Å²) in [4.78, 5) is 11.9. The third-order valence-electron chi connectivity index (χ3n) is 4.48. The minimum absolute atomic E-state index is 0.0266. The van der Waals surface area contributed by atoms with Crippen LogP contribution in [-0.2, 0) is 14.6 Å². The summed E-state index contributed by atoms with van der Waals surface area (Å²) in [6, 6.07) is 17.4. The predicted molar refractivity (Wildman–Crippen MR) is 108 cm³/mol. The van der Waals surface area contributed by atoms with Gasteiger partial charge in [-0.25, -0.2) is 8.42 Å². The molecule has 142 valence electrons. The van der Waals surface area contributed by atoms with E-state index in [0.29, 0.717) is 22.0 Å². The summed E-state index contributed by atoms with van der Waals surface area (Å²) in [5.41, 5.74) is 6.36. The number of sulfone groups is 1. The standard InChI is InChI=1S/C20H18N4O3S/c21-11-10-19(25)22-14-8-9-16-17(12-14)23-24-20(16)28(26,27)18-7-3-5-13-4-1-2-6-15(13)18/h1-9,12H,10-11,21H2,(H,22,25)(H,23,24). The monoisotopic (exact) mass is 394 g/mol. The first-order chi connectivity index (χ1) is 13.5. The molecule has 0 aliphatic rings. The van der Waals surface area contributed by atoms with Crippen molar-refractivity contribution >= 4 is 43.1 Å². The number of amides is 1. The average Bonchev–Trinajstić information content (AvgIpc) is 3.11. The normalized spacial score (nSPS) is 11.8. The third-order valence-corrected chi connectivity index (χ3v) is 6.27. The van der Waals surface area contributed by atoms with E-state index in [1.807, 2.05) is 24.3 Å². The van der Waals surface area contributed by atoms with Gasteiger partial charge in [-0.05, 0) is 29.7 Å². The van der Waals surface area contributed by atoms with E-state index >= 15 is 0 Å². The second kappa shape index (κ2) is 7.06. The molecule has 0 aliphatic carbocycles. The van der Waals surface area contributed by atoms with Crippen molar-refractivity contribution in [3.63, 3.8) is 0 Å². The molecule has 4 aromatic rings. The fraction of sp³-hybridized carbons (Fsp3) is 0.100. The van der Waals surface area contributed by atoms with E-state index in [9.17, 15) is 13.2 Å². The number of rotatable bonds is 5. The topological polar surface area (TPSA) is 118 Å². The Morgan fingerprint density at radius 1 is 1.04 bits per heavy atom. The van der Waals surface area contributed by atoms with E-state index in [-0.39, 0.29) is 28.8 Å². The molecule has 0 atom stereocenters. The van der Waals surface area contributed by atoms with Crippen LogP contribution in [0.4, 0.5) is 5.69 Å². The lowest BCUT2D eigenvalue weighted by molar-refractivity contribution is -0.116. The number of aromatic amines is 1. The number of fused-ring (bicyclic) bond motifs is 2. The van der Waals surface area contributed by atoms with Crippen molar-refractivity contribution in [2.45, 2.75) is 16.3 Å². The highest BCUT2D eigenvalue weighted by Gasteiger charge is 2.25. The van der Waals surface area contributed by atoms with Gasteiger partial charge in [0, 0.05) is 29.4 Å². The van der Waals surface area contributed by atoms with Gasteiger partial charge in [0.2, 0.25) is 15.7 Å². The van der Waals surface area contributed by atoms with Crippen LogP contribution in [0.2, 0.25) is 0 Å². The maximum absolute atomic E-state index is 13.3. The summed E-state index contributed by atoms with van der Waals surface area (Å²) >= 11 is 0. The van der Waals surface area contributed by atoms with Crippen molar-refractivity contribution in [2.24, 2.45) is 5.73 Å². The molecule has 1 amide bonds. The lowest BCUT2D eigenvalue weighted by Crippen LogP contribution is -2.16. The molecule has 1 heterocycles. The number of anilines is 1. The van der Waals surface area contributed by atoms with Crippen molar-refractivity contribution < 1.29 is 13.2 Å². The van der Waals surface area contributed by atoms with Crippen molar-refractivity contribution in [2.75, 3.05) is 11.9 Å². The lowest BCUT2D eigenvalue weighted by atomic mass is 10.1. The van der Waals surface area contributed by atoms with Gasteiger partial charge in [0.25, 0.3) is 0 Å². The second-order valence-corrected chi connectivity index (χ2v) is 8.21. The van der Waals surface area contributed by atoms with E-state index in [2.05, 4.69) is 15.5 Å². The number of hydrogen-bond donors (Lipinski definition) is 3. The van der Waals surface area contributed by atoms with Crippen LogP contribution in [0.1, 0.15) is 6.42 Å². The van der Waals surface area contributed by atoms with Gasteiger partial charge in [0.1, 0.15) is 0 Å². The van der Waals surface area contributed by atoms with E-state index in [4.69, 9.17) is 5.73 Å². The molecule has 4 N–H and O–H groups in total. The highest BCUT2D eigenvalue weighted by molar-refractivity contribution is 7.91. The maximum atomic E-state index is 13.3. The largest absolute Gasteiger partial charge is 0.330 e. The molecule has 0 radical (unpaired) electrons. The molecule has 28 heavy (non-hydrogen) atoms. The van der Waals surface area contributed by atoms with Crippen LogP contribution in [0.5, 0.6) is 0 Å². The number of carbonyl (C=O) groups excluding carboxylic acids is 1. The molecule has 0 aliphatic heterocycles. The molecule has 0 saturated heterocycles. The summed E-state index contributed by atoms with van der Waals surface area (Å²) < 4.78 is 26.6. The molecule has 0 unspecified atom stereocenters. The summed E-state index contributed by atoms with van der Waals surface area (Å²) in [6.07, 6.45) is 0.208. The molecule has 0 bridgehead atoms. The van der Waals surface area contributed by atoms with Crippen LogP contribution in [0, 0.1) is 0 Å². The van der Waals surface area contributed by atoms with Crippen molar-refractivity contribution in [1.82, 2.24) is 10.2 Å². The van der Waals surface area contributed by atoms with Crippen LogP contribution < -0.4 is 11.1 Å².